The van der Waals surface area contributed by atoms with E-state index < -0.39 is 0 Å². The maximum Gasteiger partial charge on any atom is 0.0540 e. The van der Waals surface area contributed by atoms with Crippen LogP contribution in [0.3, 0.4) is 0 Å². The van der Waals surface area contributed by atoms with Gasteiger partial charge in [0.15, 0.2) is 0 Å². The molecule has 0 amide bonds. The van der Waals surface area contributed by atoms with Crippen molar-refractivity contribution in [3.63, 3.8) is 0 Å². The highest BCUT2D eigenvalue weighted by Gasteiger charge is 2.30. The third-order valence-electron chi connectivity index (χ3n) is 7.98. The second kappa shape index (κ2) is 6.48. The minimum absolute atomic E-state index is 0.965. The van der Waals surface area contributed by atoms with Crippen molar-refractivity contribution in [3.05, 3.63) is 108 Å². The van der Waals surface area contributed by atoms with E-state index in [1.165, 1.54) is 76.4 Å². The first kappa shape index (κ1) is 18.3. The van der Waals surface area contributed by atoms with Crippen LogP contribution < -0.4 is 0 Å². The Kier molecular flexibility index (Phi) is 3.50. The summed E-state index contributed by atoms with van der Waals surface area (Å²) in [5.74, 6) is 0. The molecule has 1 heteroatoms. The van der Waals surface area contributed by atoms with Crippen LogP contribution in [-0.2, 0) is 13.0 Å². The molecule has 0 unspecified atom stereocenters. The highest BCUT2D eigenvalue weighted by molar-refractivity contribution is 6.29. The minimum atomic E-state index is 0.965. The molecule has 1 nitrogen and oxygen atoms in total. The molecule has 1 heterocycles. The zero-order valence-electron chi connectivity index (χ0n) is 19.1. The van der Waals surface area contributed by atoms with Gasteiger partial charge in [-0.3, -0.25) is 0 Å². The SMILES string of the molecule is CCn1c2ccccc2c2c3ccccc3c3c(c21)Cc1c-3c2ccccc2c2ccccc12. The zero-order valence-corrected chi connectivity index (χ0v) is 19.1. The smallest absolute Gasteiger partial charge is 0.0540 e. The van der Waals surface area contributed by atoms with Crippen LogP contribution in [0.25, 0.3) is 65.3 Å². The quantitative estimate of drug-likeness (QED) is 0.228. The maximum absolute atomic E-state index is 2.55. The van der Waals surface area contributed by atoms with Gasteiger partial charge in [-0.25, -0.2) is 0 Å². The molecule has 34 heavy (non-hydrogen) atoms. The van der Waals surface area contributed by atoms with E-state index in [1.807, 2.05) is 0 Å². The van der Waals surface area contributed by atoms with E-state index >= 15 is 0 Å². The first-order valence-electron chi connectivity index (χ1n) is 12.2. The molecule has 0 saturated carbocycles. The number of nitrogens with zero attached hydrogens (tertiary/aromatic N) is 1. The van der Waals surface area contributed by atoms with Crippen LogP contribution in [0.15, 0.2) is 97.1 Å². The molecule has 1 aliphatic carbocycles. The van der Waals surface area contributed by atoms with E-state index in [4.69, 9.17) is 0 Å². The van der Waals surface area contributed by atoms with Gasteiger partial charge < -0.3 is 4.57 Å². The Morgan fingerprint density at radius 2 is 1.03 bits per heavy atom. The fraction of sp³-hybridized carbons (Fsp3) is 0.0909. The average molecular weight is 434 g/mol. The summed E-state index contributed by atoms with van der Waals surface area (Å²) < 4.78 is 2.55. The van der Waals surface area contributed by atoms with E-state index in [9.17, 15) is 0 Å². The van der Waals surface area contributed by atoms with Gasteiger partial charge in [-0.2, -0.15) is 0 Å². The molecular weight excluding hydrogens is 410 g/mol. The molecule has 6 aromatic carbocycles. The van der Waals surface area contributed by atoms with Crippen LogP contribution in [-0.4, -0.2) is 4.57 Å². The number of rotatable bonds is 1. The number of para-hydroxylation sites is 1. The summed E-state index contributed by atoms with van der Waals surface area (Å²) in [7, 11) is 0. The molecule has 160 valence electrons. The number of benzene rings is 6. The monoisotopic (exact) mass is 433 g/mol. The van der Waals surface area contributed by atoms with Gasteiger partial charge in [0, 0.05) is 29.3 Å². The summed E-state index contributed by atoms with van der Waals surface area (Å²) in [5, 5.41) is 11.0. The van der Waals surface area contributed by atoms with Crippen molar-refractivity contribution in [2.24, 2.45) is 0 Å². The Morgan fingerprint density at radius 3 is 1.74 bits per heavy atom. The van der Waals surface area contributed by atoms with Crippen LogP contribution in [0.5, 0.6) is 0 Å². The van der Waals surface area contributed by atoms with Crippen molar-refractivity contribution < 1.29 is 0 Å². The van der Waals surface area contributed by atoms with Gasteiger partial charge in [-0.1, -0.05) is 91.0 Å². The van der Waals surface area contributed by atoms with E-state index in [0.717, 1.165) is 13.0 Å². The molecule has 0 saturated heterocycles. The van der Waals surface area contributed by atoms with Crippen LogP contribution in [0.2, 0.25) is 0 Å². The molecule has 1 aliphatic rings. The molecule has 0 atom stereocenters. The fourth-order valence-electron chi connectivity index (χ4n) is 6.74. The van der Waals surface area contributed by atoms with Crippen molar-refractivity contribution in [3.8, 4) is 11.1 Å². The number of aromatic nitrogens is 1. The van der Waals surface area contributed by atoms with Crippen molar-refractivity contribution >= 4 is 54.1 Å². The Labute approximate surface area is 197 Å². The van der Waals surface area contributed by atoms with Gasteiger partial charge in [0.05, 0.1) is 5.52 Å². The van der Waals surface area contributed by atoms with Gasteiger partial charge >= 0.3 is 0 Å². The molecule has 0 aliphatic heterocycles. The number of aryl methyl sites for hydroxylation is 1. The van der Waals surface area contributed by atoms with Gasteiger partial charge in [0.2, 0.25) is 0 Å². The predicted molar refractivity (Wildman–Crippen MR) is 146 cm³/mol. The number of hydrogen-bond donors (Lipinski definition) is 0. The number of hydrogen-bond acceptors (Lipinski definition) is 0. The normalized spacial score (nSPS) is 12.9. The lowest BCUT2D eigenvalue weighted by Crippen LogP contribution is -1.97. The van der Waals surface area contributed by atoms with E-state index in [0.29, 0.717) is 0 Å². The van der Waals surface area contributed by atoms with Gasteiger partial charge in [-0.05, 0) is 67.6 Å². The molecule has 1 aromatic heterocycles. The second-order valence-corrected chi connectivity index (χ2v) is 9.51. The lowest BCUT2D eigenvalue weighted by Gasteiger charge is -2.14. The summed E-state index contributed by atoms with van der Waals surface area (Å²) in [4.78, 5) is 0. The highest BCUT2D eigenvalue weighted by atomic mass is 15.0. The average Bonchev–Trinajstić information content (AvgIpc) is 3.46. The fourth-order valence-corrected chi connectivity index (χ4v) is 6.74. The van der Waals surface area contributed by atoms with Crippen LogP contribution in [0.4, 0.5) is 0 Å². The summed E-state index contributed by atoms with van der Waals surface area (Å²) in [5.41, 5.74) is 8.61. The Balaban J connectivity index is 1.69. The Morgan fingerprint density at radius 1 is 0.529 bits per heavy atom. The van der Waals surface area contributed by atoms with Gasteiger partial charge in [0.25, 0.3) is 0 Å². The van der Waals surface area contributed by atoms with Crippen LogP contribution >= 0.6 is 0 Å². The second-order valence-electron chi connectivity index (χ2n) is 9.51. The molecule has 0 fully saturated rings. The molecule has 0 N–H and O–H groups in total. The standard InChI is InChI=1S/C33H23N/c1-2-34-29-18-10-9-17-26(29)32-25-16-8-7-15-24(25)31-28(33(32)34)19-27-22-13-4-3-11-20(22)21-12-5-6-14-23(21)30(27)31/h3-18H,2,19H2,1H3. The molecule has 8 rings (SSSR count). The first-order valence-corrected chi connectivity index (χ1v) is 12.2. The predicted octanol–water partition coefficient (Wildman–Crippen LogP) is 8.85. The number of fused-ring (bicyclic) bond motifs is 15. The summed E-state index contributed by atoms with van der Waals surface area (Å²) >= 11 is 0. The van der Waals surface area contributed by atoms with E-state index in [-0.39, 0.29) is 0 Å². The largest absolute Gasteiger partial charge is 0.340 e. The molecular formula is C33H23N. The molecule has 0 radical (unpaired) electrons. The third kappa shape index (κ3) is 2.11. The Hall–Kier alpha value is -4.10. The van der Waals surface area contributed by atoms with Gasteiger partial charge in [-0.15, -0.1) is 0 Å². The van der Waals surface area contributed by atoms with Crippen molar-refractivity contribution in [1.82, 2.24) is 4.57 Å². The lowest BCUT2D eigenvalue weighted by atomic mass is 9.89. The van der Waals surface area contributed by atoms with Crippen molar-refractivity contribution in [1.29, 1.82) is 0 Å². The van der Waals surface area contributed by atoms with Crippen molar-refractivity contribution in [2.45, 2.75) is 19.9 Å². The maximum atomic E-state index is 2.55. The summed E-state index contributed by atoms with van der Waals surface area (Å²) in [6.45, 7) is 3.24. The van der Waals surface area contributed by atoms with E-state index in [2.05, 4.69) is 109 Å². The topological polar surface area (TPSA) is 4.93 Å². The van der Waals surface area contributed by atoms with Gasteiger partial charge in [0.1, 0.15) is 0 Å². The lowest BCUT2D eigenvalue weighted by molar-refractivity contribution is 0.824. The minimum Gasteiger partial charge on any atom is -0.340 e. The summed E-state index contributed by atoms with van der Waals surface area (Å²) in [6, 6.07) is 36.0. The molecule has 0 bridgehead atoms. The van der Waals surface area contributed by atoms with E-state index in [1.54, 1.807) is 0 Å². The van der Waals surface area contributed by atoms with Crippen LogP contribution in [0.1, 0.15) is 18.1 Å². The molecule has 7 aromatic rings. The third-order valence-corrected chi connectivity index (χ3v) is 7.98. The Bertz CT molecular complexity index is 1970. The van der Waals surface area contributed by atoms with Crippen molar-refractivity contribution in [2.75, 3.05) is 0 Å². The highest BCUT2D eigenvalue weighted by Crippen LogP contribution is 2.52. The molecule has 0 spiro atoms. The van der Waals surface area contributed by atoms with Crippen LogP contribution in [0, 0.1) is 0 Å². The summed E-state index contributed by atoms with van der Waals surface area (Å²) in [6.07, 6.45) is 0.980. The zero-order chi connectivity index (χ0) is 22.4. The first-order chi connectivity index (χ1) is 16.9.